The quantitative estimate of drug-likeness (QED) is 0.379. The van der Waals surface area contributed by atoms with E-state index in [-0.39, 0.29) is 29.1 Å². The third-order valence-electron chi connectivity index (χ3n) is 5.19. The molecule has 2 amide bonds. The van der Waals surface area contributed by atoms with Crippen LogP contribution in [0.15, 0.2) is 40.9 Å². The van der Waals surface area contributed by atoms with Crippen molar-refractivity contribution >= 4 is 62.4 Å². The molecule has 3 N–H and O–H groups in total. The number of ether oxygens (including phenoxy) is 1. The molecular formula is C24H27BrClN3O3S. The van der Waals surface area contributed by atoms with Gasteiger partial charge in [0.1, 0.15) is 5.75 Å². The second kappa shape index (κ2) is 11.8. The number of halogens is 2. The minimum atomic E-state index is -0.367. The third kappa shape index (κ3) is 7.42. The first-order valence-corrected chi connectivity index (χ1v) is 12.5. The molecule has 1 fully saturated rings. The highest BCUT2D eigenvalue weighted by atomic mass is 79.9. The van der Waals surface area contributed by atoms with Gasteiger partial charge in [-0.05, 0) is 91.2 Å². The zero-order chi connectivity index (χ0) is 24.0. The molecule has 0 saturated heterocycles. The Morgan fingerprint density at radius 3 is 2.48 bits per heavy atom. The molecule has 1 saturated carbocycles. The number of thiocarbonyl (C=S) groups is 1. The number of rotatable bonds is 6. The van der Waals surface area contributed by atoms with Gasteiger partial charge in [-0.15, -0.1) is 0 Å². The van der Waals surface area contributed by atoms with Crippen molar-refractivity contribution in [1.29, 1.82) is 0 Å². The Bertz CT molecular complexity index is 1040. The highest BCUT2D eigenvalue weighted by molar-refractivity contribution is 9.10. The van der Waals surface area contributed by atoms with Crippen LogP contribution in [0, 0.1) is 0 Å². The first-order chi connectivity index (χ1) is 15.7. The molecule has 6 nitrogen and oxygen atoms in total. The minimum Gasteiger partial charge on any atom is -0.490 e. The largest absolute Gasteiger partial charge is 0.490 e. The zero-order valence-electron chi connectivity index (χ0n) is 18.5. The lowest BCUT2D eigenvalue weighted by atomic mass is 9.95. The van der Waals surface area contributed by atoms with Gasteiger partial charge >= 0.3 is 0 Å². The van der Waals surface area contributed by atoms with E-state index in [1.54, 1.807) is 36.4 Å². The molecule has 3 rings (SSSR count). The van der Waals surface area contributed by atoms with Crippen LogP contribution < -0.4 is 20.7 Å². The van der Waals surface area contributed by atoms with E-state index in [9.17, 15) is 9.59 Å². The Morgan fingerprint density at radius 1 is 1.09 bits per heavy atom. The summed E-state index contributed by atoms with van der Waals surface area (Å²) < 4.78 is 6.34. The van der Waals surface area contributed by atoms with Crippen molar-refractivity contribution in [2.24, 2.45) is 0 Å². The normalized spacial score (nSPS) is 14.0. The number of carbonyl (C=O) groups excluding carboxylic acids is 2. The Hall–Kier alpha value is -2.16. The Balaban J connectivity index is 1.61. The lowest BCUT2D eigenvalue weighted by Gasteiger charge is -2.23. The molecule has 33 heavy (non-hydrogen) atoms. The van der Waals surface area contributed by atoms with Crippen molar-refractivity contribution < 1.29 is 14.3 Å². The molecule has 1 aliphatic carbocycles. The highest BCUT2D eigenvalue weighted by Crippen LogP contribution is 2.27. The van der Waals surface area contributed by atoms with Crippen molar-refractivity contribution in [3.63, 3.8) is 0 Å². The van der Waals surface area contributed by atoms with Crippen LogP contribution in [0.4, 0.5) is 5.69 Å². The van der Waals surface area contributed by atoms with Crippen LogP contribution in [0.5, 0.6) is 5.75 Å². The molecule has 2 aromatic carbocycles. The summed E-state index contributed by atoms with van der Waals surface area (Å²) in [5, 5.41) is 9.13. The van der Waals surface area contributed by atoms with Crippen LogP contribution >= 0.6 is 39.7 Å². The van der Waals surface area contributed by atoms with E-state index in [0.29, 0.717) is 32.1 Å². The van der Waals surface area contributed by atoms with Crippen LogP contribution in [0.25, 0.3) is 0 Å². The van der Waals surface area contributed by atoms with Crippen LogP contribution in [0.1, 0.15) is 66.7 Å². The maximum absolute atomic E-state index is 12.7. The Kier molecular flexibility index (Phi) is 9.11. The summed E-state index contributed by atoms with van der Waals surface area (Å²) in [6, 6.07) is 10.2. The SMILES string of the molecule is CC(C)Oc1ccc(C(=O)NC(=S)Nc2ccc(Cl)c(C(=O)NC3CCCCC3)c2)cc1Br. The Morgan fingerprint density at radius 2 is 1.82 bits per heavy atom. The van der Waals surface area contributed by atoms with E-state index >= 15 is 0 Å². The number of hydrogen-bond acceptors (Lipinski definition) is 4. The number of anilines is 1. The fourth-order valence-corrected chi connectivity index (χ4v) is 4.50. The third-order valence-corrected chi connectivity index (χ3v) is 6.35. The number of amides is 2. The fourth-order valence-electron chi connectivity index (χ4n) is 3.62. The standard InChI is InChI=1S/C24H27BrClN3O3S/c1-14(2)32-21-11-8-15(12-19(21)25)22(30)29-24(33)28-17-9-10-20(26)18(13-17)23(31)27-16-6-4-3-5-7-16/h8-14,16H,3-7H2,1-2H3,(H,27,31)(H2,28,29,30,33). The van der Waals surface area contributed by atoms with Gasteiger partial charge in [0.2, 0.25) is 0 Å². The van der Waals surface area contributed by atoms with Crippen LogP contribution in [-0.2, 0) is 0 Å². The van der Waals surface area contributed by atoms with Gasteiger partial charge in [-0.2, -0.15) is 0 Å². The van der Waals surface area contributed by atoms with Crippen molar-refractivity contribution in [3.05, 3.63) is 57.0 Å². The van der Waals surface area contributed by atoms with E-state index < -0.39 is 0 Å². The van der Waals surface area contributed by atoms with Gasteiger partial charge in [0.25, 0.3) is 11.8 Å². The summed E-state index contributed by atoms with van der Waals surface area (Å²) in [5.74, 6) is 0.0787. The number of benzene rings is 2. The molecule has 0 bridgehead atoms. The van der Waals surface area contributed by atoms with Crippen molar-refractivity contribution in [2.45, 2.75) is 58.1 Å². The lowest BCUT2D eigenvalue weighted by Crippen LogP contribution is -2.36. The number of carbonyl (C=O) groups is 2. The first-order valence-electron chi connectivity index (χ1n) is 10.9. The van der Waals surface area contributed by atoms with E-state index in [1.165, 1.54) is 6.42 Å². The van der Waals surface area contributed by atoms with E-state index in [4.69, 9.17) is 28.6 Å². The monoisotopic (exact) mass is 551 g/mol. The summed E-state index contributed by atoms with van der Waals surface area (Å²) in [6.07, 6.45) is 5.45. The van der Waals surface area contributed by atoms with E-state index in [1.807, 2.05) is 13.8 Å². The second-order valence-electron chi connectivity index (χ2n) is 8.22. The van der Waals surface area contributed by atoms with Gasteiger partial charge in [-0.3, -0.25) is 14.9 Å². The topological polar surface area (TPSA) is 79.5 Å². The summed E-state index contributed by atoms with van der Waals surface area (Å²) in [4.78, 5) is 25.3. The molecule has 176 valence electrons. The number of nitrogens with one attached hydrogen (secondary N) is 3. The van der Waals surface area contributed by atoms with Gasteiger partial charge in [0.05, 0.1) is 21.2 Å². The molecule has 9 heteroatoms. The molecule has 0 heterocycles. The van der Waals surface area contributed by atoms with Crippen LogP contribution in [-0.4, -0.2) is 29.1 Å². The zero-order valence-corrected chi connectivity index (χ0v) is 21.7. The van der Waals surface area contributed by atoms with Gasteiger partial charge in [0.15, 0.2) is 5.11 Å². The molecule has 0 spiro atoms. The fraction of sp³-hybridized carbons (Fsp3) is 0.375. The predicted octanol–water partition coefficient (Wildman–Crippen LogP) is 6.08. The molecule has 1 aliphatic rings. The summed E-state index contributed by atoms with van der Waals surface area (Å²) in [6.45, 7) is 3.86. The predicted molar refractivity (Wildman–Crippen MR) is 139 cm³/mol. The van der Waals surface area contributed by atoms with Gasteiger partial charge < -0.3 is 15.4 Å². The maximum Gasteiger partial charge on any atom is 0.257 e. The average molecular weight is 553 g/mol. The van der Waals surface area contributed by atoms with Crippen molar-refractivity contribution in [2.75, 3.05) is 5.32 Å². The molecule has 0 unspecified atom stereocenters. The highest BCUT2D eigenvalue weighted by Gasteiger charge is 2.19. The smallest absolute Gasteiger partial charge is 0.257 e. The first kappa shape index (κ1) is 25.5. The summed E-state index contributed by atoms with van der Waals surface area (Å²) in [5.41, 5.74) is 1.34. The molecule has 0 radical (unpaired) electrons. The van der Waals surface area contributed by atoms with Gasteiger partial charge in [-0.1, -0.05) is 30.9 Å². The lowest BCUT2D eigenvalue weighted by molar-refractivity contribution is 0.0926. The molecule has 0 atom stereocenters. The molecular weight excluding hydrogens is 526 g/mol. The van der Waals surface area contributed by atoms with E-state index in [2.05, 4.69) is 31.9 Å². The van der Waals surface area contributed by atoms with Crippen molar-refractivity contribution in [1.82, 2.24) is 10.6 Å². The second-order valence-corrected chi connectivity index (χ2v) is 9.89. The Labute approximate surface area is 212 Å². The van der Waals surface area contributed by atoms with Gasteiger partial charge in [-0.25, -0.2) is 0 Å². The molecule has 0 aliphatic heterocycles. The average Bonchev–Trinajstić information content (AvgIpc) is 2.76. The summed E-state index contributed by atoms with van der Waals surface area (Å²) >= 11 is 15.0. The van der Waals surface area contributed by atoms with E-state index in [0.717, 1.165) is 25.7 Å². The maximum atomic E-state index is 12.7. The van der Waals surface area contributed by atoms with Gasteiger partial charge in [0, 0.05) is 17.3 Å². The minimum absolute atomic E-state index is 0.0202. The van der Waals surface area contributed by atoms with Crippen molar-refractivity contribution in [3.8, 4) is 5.75 Å². The molecule has 0 aromatic heterocycles. The summed E-state index contributed by atoms with van der Waals surface area (Å²) in [7, 11) is 0. The van der Waals surface area contributed by atoms with Crippen LogP contribution in [0.2, 0.25) is 5.02 Å². The number of hydrogen-bond donors (Lipinski definition) is 3. The van der Waals surface area contributed by atoms with Crippen LogP contribution in [0.3, 0.4) is 0 Å². The molecule has 2 aromatic rings.